The van der Waals surface area contributed by atoms with Crippen molar-refractivity contribution in [2.24, 2.45) is 46.3 Å². The molecule has 3 nitrogen and oxygen atoms in total. The molecule has 4 saturated carbocycles. The van der Waals surface area contributed by atoms with Crippen molar-refractivity contribution in [2.75, 3.05) is 6.61 Å². The van der Waals surface area contributed by atoms with Crippen LogP contribution in [0.25, 0.3) is 0 Å². The van der Waals surface area contributed by atoms with Crippen LogP contribution in [0.1, 0.15) is 125 Å². The number of unbranched alkanes of at least 4 members (excludes halogenated alkanes) is 1. The summed E-state index contributed by atoms with van der Waals surface area (Å²) in [5, 5.41) is 22.5. The second kappa shape index (κ2) is 10.3. The molecule has 0 aromatic rings. The molecule has 34 heavy (non-hydrogen) atoms. The average Bonchev–Trinajstić information content (AvgIpc) is 3.13. The van der Waals surface area contributed by atoms with Crippen LogP contribution in [0.2, 0.25) is 0 Å². The van der Waals surface area contributed by atoms with Gasteiger partial charge in [-0.05, 0) is 92.3 Å². The third kappa shape index (κ3) is 4.43. The van der Waals surface area contributed by atoms with Crippen molar-refractivity contribution in [3.63, 3.8) is 0 Å². The number of aliphatic hydroxyl groups excluding tert-OH is 2. The number of rotatable bonds is 9. The minimum Gasteiger partial charge on any atom is -0.393 e. The molecular formula is C31H56O3. The summed E-state index contributed by atoms with van der Waals surface area (Å²) in [6, 6.07) is 0. The highest BCUT2D eigenvalue weighted by atomic mass is 16.5. The Morgan fingerprint density at radius 3 is 2.38 bits per heavy atom. The van der Waals surface area contributed by atoms with Crippen LogP contribution < -0.4 is 0 Å². The zero-order valence-corrected chi connectivity index (χ0v) is 23.3. The van der Waals surface area contributed by atoms with E-state index in [2.05, 4.69) is 41.5 Å². The molecule has 0 heterocycles. The molecule has 3 heteroatoms. The monoisotopic (exact) mass is 476 g/mol. The van der Waals surface area contributed by atoms with E-state index in [1.807, 2.05) is 0 Å². The van der Waals surface area contributed by atoms with Gasteiger partial charge >= 0.3 is 0 Å². The Kier molecular flexibility index (Phi) is 8.18. The Labute approximate surface area is 210 Å². The second-order valence-electron chi connectivity index (χ2n) is 14.1. The molecule has 4 fully saturated rings. The van der Waals surface area contributed by atoms with Gasteiger partial charge in [0.2, 0.25) is 0 Å². The molecule has 198 valence electrons. The molecule has 4 aliphatic rings. The van der Waals surface area contributed by atoms with Crippen LogP contribution in [0.5, 0.6) is 0 Å². The molecule has 2 N–H and O–H groups in total. The van der Waals surface area contributed by atoms with Crippen LogP contribution in [0, 0.1) is 46.3 Å². The van der Waals surface area contributed by atoms with Gasteiger partial charge in [-0.25, -0.2) is 0 Å². The topological polar surface area (TPSA) is 49.7 Å². The van der Waals surface area contributed by atoms with Crippen molar-refractivity contribution in [1.29, 1.82) is 0 Å². The summed E-state index contributed by atoms with van der Waals surface area (Å²) >= 11 is 0. The highest BCUT2D eigenvalue weighted by Gasteiger charge is 2.68. The Balaban J connectivity index is 1.55. The van der Waals surface area contributed by atoms with Gasteiger partial charge in [-0.1, -0.05) is 67.2 Å². The van der Waals surface area contributed by atoms with E-state index in [0.717, 1.165) is 55.8 Å². The van der Waals surface area contributed by atoms with Crippen LogP contribution >= 0.6 is 0 Å². The summed E-state index contributed by atoms with van der Waals surface area (Å²) in [6.07, 6.45) is 14.2. The van der Waals surface area contributed by atoms with Crippen molar-refractivity contribution in [1.82, 2.24) is 0 Å². The molecule has 10 atom stereocenters. The van der Waals surface area contributed by atoms with Crippen LogP contribution in [0.3, 0.4) is 0 Å². The fourth-order valence-electron chi connectivity index (χ4n) is 9.98. The maximum atomic E-state index is 11.8. The lowest BCUT2D eigenvalue weighted by molar-refractivity contribution is -0.284. The van der Waals surface area contributed by atoms with Gasteiger partial charge in [0.15, 0.2) is 0 Å². The van der Waals surface area contributed by atoms with Crippen molar-refractivity contribution in [3.05, 3.63) is 0 Å². The molecule has 0 aromatic carbocycles. The first-order chi connectivity index (χ1) is 16.1. The Morgan fingerprint density at radius 2 is 1.68 bits per heavy atom. The molecule has 0 saturated heterocycles. The summed E-state index contributed by atoms with van der Waals surface area (Å²) in [4.78, 5) is 0. The largest absolute Gasteiger partial charge is 0.393 e. The molecule has 0 spiro atoms. The van der Waals surface area contributed by atoms with Crippen LogP contribution in [0.4, 0.5) is 0 Å². The smallest absolute Gasteiger partial charge is 0.102 e. The van der Waals surface area contributed by atoms with Crippen molar-refractivity contribution in [3.8, 4) is 0 Å². The predicted octanol–water partition coefficient (Wildman–Crippen LogP) is 7.38. The molecule has 0 radical (unpaired) electrons. The first-order valence-corrected chi connectivity index (χ1v) is 15.1. The zero-order valence-electron chi connectivity index (χ0n) is 23.3. The Bertz CT molecular complexity index is 678. The zero-order chi connectivity index (χ0) is 24.7. The van der Waals surface area contributed by atoms with E-state index < -0.39 is 11.7 Å². The molecule has 0 bridgehead atoms. The van der Waals surface area contributed by atoms with Gasteiger partial charge in [-0.3, -0.25) is 0 Å². The van der Waals surface area contributed by atoms with Gasteiger partial charge in [0, 0.05) is 18.4 Å². The third-order valence-corrected chi connectivity index (χ3v) is 11.9. The predicted molar refractivity (Wildman–Crippen MR) is 141 cm³/mol. The van der Waals surface area contributed by atoms with Gasteiger partial charge in [0.05, 0.1) is 12.2 Å². The molecular weight excluding hydrogens is 420 g/mol. The number of aliphatic hydroxyl groups is 2. The lowest BCUT2D eigenvalue weighted by Gasteiger charge is -2.66. The molecule has 0 amide bonds. The molecule has 3 unspecified atom stereocenters. The highest BCUT2D eigenvalue weighted by Crippen LogP contribution is 2.69. The van der Waals surface area contributed by atoms with Crippen molar-refractivity contribution < 1.29 is 14.9 Å². The number of hydrogen-bond donors (Lipinski definition) is 2. The quantitative estimate of drug-likeness (QED) is 0.341. The fraction of sp³-hybridized carbons (Fsp3) is 1.00. The van der Waals surface area contributed by atoms with E-state index in [1.165, 1.54) is 44.9 Å². The van der Waals surface area contributed by atoms with Crippen LogP contribution in [-0.4, -0.2) is 34.6 Å². The minimum atomic E-state index is -0.559. The molecule has 4 rings (SSSR count). The molecule has 4 aliphatic carbocycles. The molecule has 0 aromatic heterocycles. The lowest BCUT2D eigenvalue weighted by atomic mass is 9.42. The van der Waals surface area contributed by atoms with Gasteiger partial charge in [-0.2, -0.15) is 0 Å². The van der Waals surface area contributed by atoms with Gasteiger partial charge in [0.1, 0.15) is 5.60 Å². The SMILES string of the molecule is CCCCOC12CC(O)CC[C@]1(C)[C@H]1CC[C@]3(C)[C@@H]([C@H](C)CCCC(C)C)CC[C@H]3[C@@H]1CC2O. The summed E-state index contributed by atoms with van der Waals surface area (Å²) in [6.45, 7) is 15.2. The van der Waals surface area contributed by atoms with E-state index in [1.54, 1.807) is 0 Å². The van der Waals surface area contributed by atoms with E-state index in [4.69, 9.17) is 4.74 Å². The summed E-state index contributed by atoms with van der Waals surface area (Å²) in [5.74, 6) is 4.46. The first kappa shape index (κ1) is 26.9. The van der Waals surface area contributed by atoms with Crippen LogP contribution in [-0.2, 0) is 4.74 Å². The van der Waals surface area contributed by atoms with E-state index in [-0.39, 0.29) is 11.5 Å². The number of hydrogen-bond acceptors (Lipinski definition) is 3. The average molecular weight is 477 g/mol. The maximum absolute atomic E-state index is 11.8. The Hall–Kier alpha value is -0.120. The van der Waals surface area contributed by atoms with Gasteiger partial charge in [0.25, 0.3) is 0 Å². The first-order valence-electron chi connectivity index (χ1n) is 15.1. The van der Waals surface area contributed by atoms with Gasteiger partial charge in [-0.15, -0.1) is 0 Å². The fourth-order valence-corrected chi connectivity index (χ4v) is 9.98. The standard InChI is InChI=1S/C31H56O3/c1-7-8-18-34-31-20-23(32)14-17-30(31,6)27-15-16-29(5)25(22(4)11-9-10-21(2)3)12-13-26(29)24(27)19-28(31)33/h21-28,32-33H,7-20H2,1-6H3/t22-,23?,24+,25-,26+,27+,28?,29-,30-,31?/m1/s1. The van der Waals surface area contributed by atoms with Gasteiger partial charge < -0.3 is 14.9 Å². The van der Waals surface area contributed by atoms with E-state index >= 15 is 0 Å². The lowest BCUT2D eigenvalue weighted by Crippen LogP contribution is -2.69. The summed E-state index contributed by atoms with van der Waals surface area (Å²) in [7, 11) is 0. The number of fused-ring (bicyclic) bond motifs is 5. The summed E-state index contributed by atoms with van der Waals surface area (Å²) < 4.78 is 6.70. The highest BCUT2D eigenvalue weighted by molar-refractivity contribution is 5.18. The second-order valence-corrected chi connectivity index (χ2v) is 14.1. The Morgan fingerprint density at radius 1 is 0.912 bits per heavy atom. The van der Waals surface area contributed by atoms with Crippen LogP contribution in [0.15, 0.2) is 0 Å². The van der Waals surface area contributed by atoms with E-state index in [0.29, 0.717) is 30.3 Å². The van der Waals surface area contributed by atoms with E-state index in [9.17, 15) is 10.2 Å². The van der Waals surface area contributed by atoms with Crippen molar-refractivity contribution in [2.45, 2.75) is 143 Å². The maximum Gasteiger partial charge on any atom is 0.102 e. The summed E-state index contributed by atoms with van der Waals surface area (Å²) in [5.41, 5.74) is -0.146. The minimum absolute atomic E-state index is 0.0232. The normalized spacial score (nSPS) is 47.2. The third-order valence-electron chi connectivity index (χ3n) is 11.9. The van der Waals surface area contributed by atoms with Crippen molar-refractivity contribution >= 4 is 0 Å². The number of ether oxygens (including phenoxy) is 1. The molecule has 0 aliphatic heterocycles.